The molecule has 0 heterocycles. The third-order valence-corrected chi connectivity index (χ3v) is 14.5. The summed E-state index contributed by atoms with van der Waals surface area (Å²) in [5, 5.41) is 0. The summed E-state index contributed by atoms with van der Waals surface area (Å²) >= 11 is 0. The number of carbonyl (C=O) groups excluding carboxylic acids is 6. The maximum atomic E-state index is 14.0. The number of rotatable bonds is 32. The summed E-state index contributed by atoms with van der Waals surface area (Å²) in [6.07, 6.45) is 18.0. The molecule has 0 aromatic heterocycles. The molecule has 0 saturated carbocycles. The van der Waals surface area contributed by atoms with Gasteiger partial charge in [0.15, 0.2) is 11.5 Å². The summed E-state index contributed by atoms with van der Waals surface area (Å²) in [4.78, 5) is 97.4. The molecular weight excluding hydrogens is 1200 g/mol. The lowest BCUT2D eigenvalue weighted by Gasteiger charge is -2.30. The van der Waals surface area contributed by atoms with Crippen LogP contribution in [0.15, 0.2) is 196 Å². The fraction of sp³-hybridized carbons (Fsp3) is 0.205. The Labute approximate surface area is 537 Å². The lowest BCUT2D eigenvalue weighted by molar-refractivity contribution is -0.218. The van der Waals surface area contributed by atoms with Gasteiger partial charge in [-0.05, 0) is 153 Å². The Kier molecular flexibility index (Phi) is 23.3. The van der Waals surface area contributed by atoms with Crippen LogP contribution in [0, 0.1) is 0 Å². The molecule has 0 aliphatic heterocycles. The van der Waals surface area contributed by atoms with E-state index < -0.39 is 52.1 Å². The molecule has 1 unspecified atom stereocenters. The zero-order valence-electron chi connectivity index (χ0n) is 51.6. The molecule has 93 heavy (non-hydrogen) atoms. The van der Waals surface area contributed by atoms with E-state index in [9.17, 15) is 28.8 Å². The van der Waals surface area contributed by atoms with Gasteiger partial charge in [-0.25, -0.2) is 28.8 Å². The predicted molar refractivity (Wildman–Crippen MR) is 342 cm³/mol. The first-order valence-electron chi connectivity index (χ1n) is 29.0. The maximum absolute atomic E-state index is 14.0. The Morgan fingerprint density at radius 1 is 0.376 bits per heavy atom. The standard InChI is InChI=1S/C73H68O20/c1-9-65(74)84-45-80-53-27-17-49(18-28-53)15-13-37-88-92-63-40-58-60(42-64(63)93-89-38-14-16-50-19-29-54(30-20-50)81-46-85-66(75)10-2)73(44-72(58,7)8)43-71(5,6)57-39-61(90-69(78)35-25-51-21-31-55(32-22-51)82-47-86-67(76)11-3)62(41-59(57)73)91-70(79)36-26-52-23-33-56(34-24-52)83-48-87-68(77)12-4/h9-36,39-42H,1-4,37-38,43-48H2,5-8H3/b15-13+,16-14-,35-25+,36-26+. The van der Waals surface area contributed by atoms with Crippen molar-refractivity contribution in [3.63, 3.8) is 0 Å². The zero-order valence-corrected chi connectivity index (χ0v) is 51.6. The van der Waals surface area contributed by atoms with Gasteiger partial charge in [0.2, 0.25) is 38.7 Å². The number of hydrogen-bond acceptors (Lipinski definition) is 20. The van der Waals surface area contributed by atoms with Gasteiger partial charge < -0.3 is 57.1 Å². The predicted octanol–water partition coefficient (Wildman–Crippen LogP) is 12.9. The molecule has 0 N–H and O–H groups in total. The van der Waals surface area contributed by atoms with E-state index in [1.165, 1.54) is 12.2 Å². The van der Waals surface area contributed by atoms with E-state index in [2.05, 4.69) is 54.0 Å². The van der Waals surface area contributed by atoms with E-state index in [1.54, 1.807) is 109 Å². The third kappa shape index (κ3) is 18.9. The Morgan fingerprint density at radius 2 is 0.656 bits per heavy atom. The van der Waals surface area contributed by atoms with Gasteiger partial charge in [-0.15, -0.1) is 0 Å². The van der Waals surface area contributed by atoms with E-state index in [0.29, 0.717) is 47.0 Å². The van der Waals surface area contributed by atoms with Gasteiger partial charge in [-0.1, -0.05) is 127 Å². The van der Waals surface area contributed by atoms with Gasteiger partial charge in [0, 0.05) is 41.9 Å². The van der Waals surface area contributed by atoms with Crippen LogP contribution >= 0.6 is 0 Å². The molecule has 1 spiro atoms. The first kappa shape index (κ1) is 67.7. The van der Waals surface area contributed by atoms with E-state index in [4.69, 9.17) is 66.9 Å². The van der Waals surface area contributed by atoms with Gasteiger partial charge in [-0.3, -0.25) is 0 Å². The average molecular weight is 1270 g/mol. The van der Waals surface area contributed by atoms with Crippen molar-refractivity contribution in [2.24, 2.45) is 0 Å². The summed E-state index contributed by atoms with van der Waals surface area (Å²) in [6.45, 7) is 20.8. The number of ether oxygens (including phenoxy) is 10. The quantitative estimate of drug-likeness (QED) is 0.00558. The number of benzene rings is 6. The van der Waals surface area contributed by atoms with Crippen LogP contribution in [0.4, 0.5) is 0 Å². The molecule has 480 valence electrons. The van der Waals surface area contributed by atoms with Crippen molar-refractivity contribution in [1.82, 2.24) is 0 Å². The second kappa shape index (κ2) is 32.0. The van der Waals surface area contributed by atoms with Crippen molar-refractivity contribution in [3.8, 4) is 46.0 Å². The zero-order chi connectivity index (χ0) is 66.4. The SMILES string of the molecule is C=CC(=O)OCOc1ccc(/C=C\COOc2cc3c(cc2OOC/C=C/c2ccc(OCOC(=O)C=C)cc2)C(C)(C)CC32CC(C)(C)c3cc(OC(=O)/C=C/c4ccc(OCOC(=O)C=C)cc4)c(OC(=O)/C=C/c4ccc(OCOC(=O)C=C)cc4)cc32)cc1. The summed E-state index contributed by atoms with van der Waals surface area (Å²) < 4.78 is 53.7. The Bertz CT molecular complexity index is 3830. The molecule has 0 radical (unpaired) electrons. The summed E-state index contributed by atoms with van der Waals surface area (Å²) in [5.41, 5.74) is 4.53. The van der Waals surface area contributed by atoms with Gasteiger partial charge in [0.25, 0.3) is 0 Å². The minimum atomic E-state index is -0.777. The van der Waals surface area contributed by atoms with Crippen LogP contribution in [-0.2, 0) is 73.7 Å². The molecule has 2 aliphatic rings. The van der Waals surface area contributed by atoms with Gasteiger partial charge in [-0.2, -0.15) is 9.78 Å². The summed E-state index contributed by atoms with van der Waals surface area (Å²) in [7, 11) is 0. The average Bonchev–Trinajstić information content (AvgIpc) is 1.53. The molecule has 0 amide bonds. The highest BCUT2D eigenvalue weighted by Crippen LogP contribution is 2.65. The highest BCUT2D eigenvalue weighted by molar-refractivity contribution is 5.91. The van der Waals surface area contributed by atoms with Gasteiger partial charge in [0.05, 0.1) is 0 Å². The van der Waals surface area contributed by atoms with Crippen LogP contribution in [0.1, 0.15) is 85.0 Å². The number of carbonyl (C=O) groups is 6. The van der Waals surface area contributed by atoms with Crippen LogP contribution in [0.5, 0.6) is 46.0 Å². The van der Waals surface area contributed by atoms with Crippen molar-refractivity contribution in [2.75, 3.05) is 40.4 Å². The van der Waals surface area contributed by atoms with Crippen LogP contribution < -0.4 is 38.2 Å². The molecule has 8 rings (SSSR count). The molecule has 20 heteroatoms. The topological polar surface area (TPSA) is 232 Å². The molecule has 0 fully saturated rings. The molecular formula is C73H68O20. The molecule has 6 aromatic carbocycles. The van der Waals surface area contributed by atoms with Crippen LogP contribution in [0.3, 0.4) is 0 Å². The fourth-order valence-electron chi connectivity index (χ4n) is 10.4. The molecule has 0 bridgehead atoms. The minimum Gasteiger partial charge on any atom is -0.457 e. The highest BCUT2D eigenvalue weighted by Gasteiger charge is 2.57. The number of hydrogen-bond donors (Lipinski definition) is 0. The van der Waals surface area contributed by atoms with Gasteiger partial charge >= 0.3 is 35.8 Å². The monoisotopic (exact) mass is 1260 g/mol. The van der Waals surface area contributed by atoms with E-state index in [1.807, 2.05) is 48.6 Å². The van der Waals surface area contributed by atoms with Crippen molar-refractivity contribution < 1.29 is 95.7 Å². The Balaban J connectivity index is 1.08. The van der Waals surface area contributed by atoms with Crippen molar-refractivity contribution in [2.45, 2.75) is 56.8 Å². The van der Waals surface area contributed by atoms with E-state index in [0.717, 1.165) is 57.7 Å². The Hall–Kier alpha value is -11.2. The molecule has 20 nitrogen and oxygen atoms in total. The number of esters is 6. The van der Waals surface area contributed by atoms with Crippen LogP contribution in [-0.4, -0.2) is 76.2 Å². The first-order valence-corrected chi connectivity index (χ1v) is 29.0. The lowest BCUT2D eigenvalue weighted by atomic mass is 9.72. The molecule has 6 aromatic rings. The molecule has 1 atom stereocenters. The second-order valence-corrected chi connectivity index (χ2v) is 21.9. The lowest BCUT2D eigenvalue weighted by Crippen LogP contribution is -2.27. The normalized spacial score (nSPS) is 14.8. The van der Waals surface area contributed by atoms with Crippen LogP contribution in [0.2, 0.25) is 0 Å². The summed E-state index contributed by atoms with van der Waals surface area (Å²) in [5.74, 6) is -1.80. The van der Waals surface area contributed by atoms with E-state index in [-0.39, 0.29) is 63.4 Å². The minimum absolute atomic E-state index is 0.00137. The first-order chi connectivity index (χ1) is 44.8. The fourth-order valence-corrected chi connectivity index (χ4v) is 10.4. The van der Waals surface area contributed by atoms with E-state index >= 15 is 0 Å². The van der Waals surface area contributed by atoms with Crippen molar-refractivity contribution >= 4 is 60.1 Å². The maximum Gasteiger partial charge on any atom is 0.336 e. The smallest absolute Gasteiger partial charge is 0.336 e. The largest absolute Gasteiger partial charge is 0.457 e. The third-order valence-electron chi connectivity index (χ3n) is 14.5. The van der Waals surface area contributed by atoms with Crippen LogP contribution in [0.25, 0.3) is 24.3 Å². The second-order valence-electron chi connectivity index (χ2n) is 21.9. The molecule has 0 saturated heterocycles. The Morgan fingerprint density at radius 3 is 0.968 bits per heavy atom. The summed E-state index contributed by atoms with van der Waals surface area (Å²) in [6, 6.07) is 34.8. The highest BCUT2D eigenvalue weighted by atomic mass is 17.2. The molecule has 2 aliphatic carbocycles. The van der Waals surface area contributed by atoms with Gasteiger partial charge in [0.1, 0.15) is 36.2 Å². The number of fused-ring (bicyclic) bond motifs is 4. The van der Waals surface area contributed by atoms with Crippen molar-refractivity contribution in [3.05, 3.63) is 241 Å². The van der Waals surface area contributed by atoms with Crippen molar-refractivity contribution in [1.29, 1.82) is 0 Å².